The first-order chi connectivity index (χ1) is 16.3. The summed E-state index contributed by atoms with van der Waals surface area (Å²) in [7, 11) is 3.93. The van der Waals surface area contributed by atoms with Crippen LogP contribution in [-0.4, -0.2) is 63.6 Å². The average molecular weight is 523 g/mol. The standard InChI is InChI=1S/C26H27BrN4O3/c1-17-21(16-28-31(17)20-8-5-4-6-9-20)24(32)22-23(18-10-12-19(27)13-11-18)30(26(34)25(22)33)15-7-14-29(2)3/h4-6,8-13,16,23,32H,7,14-15H2,1-3H3/b24-22+. The molecule has 0 bridgehead atoms. The third kappa shape index (κ3) is 4.56. The number of hydrogen-bond donors (Lipinski definition) is 1. The van der Waals surface area contributed by atoms with Crippen LogP contribution in [0.25, 0.3) is 11.4 Å². The van der Waals surface area contributed by atoms with Gasteiger partial charge in [0.25, 0.3) is 11.7 Å². The second-order valence-corrected chi connectivity index (χ2v) is 9.51. The monoisotopic (exact) mass is 522 g/mol. The Morgan fingerprint density at radius 2 is 1.76 bits per heavy atom. The number of aliphatic hydroxyl groups excluding tert-OH is 1. The first-order valence-corrected chi connectivity index (χ1v) is 11.9. The number of hydrogen-bond acceptors (Lipinski definition) is 5. The van der Waals surface area contributed by atoms with Crippen LogP contribution in [0, 0.1) is 6.92 Å². The van der Waals surface area contributed by atoms with Crippen molar-refractivity contribution >= 4 is 33.4 Å². The number of aromatic nitrogens is 2. The molecule has 2 heterocycles. The van der Waals surface area contributed by atoms with Gasteiger partial charge in [-0.15, -0.1) is 0 Å². The maximum atomic E-state index is 13.2. The molecule has 176 valence electrons. The number of benzene rings is 2. The first-order valence-electron chi connectivity index (χ1n) is 11.1. The van der Waals surface area contributed by atoms with Crippen LogP contribution in [0.1, 0.15) is 29.3 Å². The molecule has 1 aliphatic heterocycles. The summed E-state index contributed by atoms with van der Waals surface area (Å²) in [6.07, 6.45) is 2.24. The Morgan fingerprint density at radius 1 is 1.09 bits per heavy atom. The van der Waals surface area contributed by atoms with Crippen molar-refractivity contribution in [3.8, 4) is 5.69 Å². The lowest BCUT2D eigenvalue weighted by Crippen LogP contribution is -2.32. The summed E-state index contributed by atoms with van der Waals surface area (Å²) in [4.78, 5) is 29.9. The van der Waals surface area contributed by atoms with Crippen LogP contribution < -0.4 is 0 Å². The highest BCUT2D eigenvalue weighted by Gasteiger charge is 2.46. The largest absolute Gasteiger partial charge is 0.507 e. The molecule has 2 aromatic carbocycles. The molecular formula is C26H27BrN4O3. The predicted octanol–water partition coefficient (Wildman–Crippen LogP) is 4.32. The van der Waals surface area contributed by atoms with Crippen molar-refractivity contribution in [1.82, 2.24) is 19.6 Å². The van der Waals surface area contributed by atoms with Gasteiger partial charge in [-0.1, -0.05) is 46.3 Å². The Bertz CT molecular complexity index is 1230. The van der Waals surface area contributed by atoms with Gasteiger partial charge >= 0.3 is 0 Å². The highest BCUT2D eigenvalue weighted by Crippen LogP contribution is 2.40. The molecule has 7 nitrogen and oxygen atoms in total. The second-order valence-electron chi connectivity index (χ2n) is 8.59. The lowest BCUT2D eigenvalue weighted by molar-refractivity contribution is -0.139. The minimum Gasteiger partial charge on any atom is -0.507 e. The zero-order valence-electron chi connectivity index (χ0n) is 19.4. The van der Waals surface area contributed by atoms with Crippen molar-refractivity contribution < 1.29 is 14.7 Å². The van der Waals surface area contributed by atoms with Crippen LogP contribution in [0.15, 0.2) is 70.8 Å². The zero-order chi connectivity index (χ0) is 24.4. The van der Waals surface area contributed by atoms with Crippen LogP contribution in [0.4, 0.5) is 0 Å². The average Bonchev–Trinajstić information content (AvgIpc) is 3.32. The van der Waals surface area contributed by atoms with E-state index in [0.29, 0.717) is 24.2 Å². The Balaban J connectivity index is 1.80. The minimum atomic E-state index is -0.679. The summed E-state index contributed by atoms with van der Waals surface area (Å²) in [5, 5.41) is 15.8. The summed E-state index contributed by atoms with van der Waals surface area (Å²) < 4.78 is 2.59. The molecule has 1 fully saturated rings. The van der Waals surface area contributed by atoms with Crippen molar-refractivity contribution in [2.45, 2.75) is 19.4 Å². The fourth-order valence-electron chi connectivity index (χ4n) is 4.28. The zero-order valence-corrected chi connectivity index (χ0v) is 21.0. The minimum absolute atomic E-state index is 0.0906. The van der Waals surface area contributed by atoms with Crippen LogP contribution in [0.2, 0.25) is 0 Å². The van der Waals surface area contributed by atoms with Crippen molar-refractivity contribution in [1.29, 1.82) is 0 Å². The molecule has 1 aliphatic rings. The van der Waals surface area contributed by atoms with Gasteiger partial charge in [-0.3, -0.25) is 9.59 Å². The number of carbonyl (C=O) groups is 2. The highest BCUT2D eigenvalue weighted by molar-refractivity contribution is 9.10. The number of Topliss-reactive ketones (excluding diaryl/α,β-unsaturated/α-hetero) is 1. The first kappa shape index (κ1) is 23.9. The molecule has 0 radical (unpaired) electrons. The lowest BCUT2D eigenvalue weighted by atomic mass is 9.95. The number of rotatable bonds is 7. The van der Waals surface area contributed by atoms with Gasteiger partial charge in [-0.25, -0.2) is 4.68 Å². The van der Waals surface area contributed by atoms with E-state index in [9.17, 15) is 14.7 Å². The van der Waals surface area contributed by atoms with Crippen molar-refractivity contribution in [3.05, 3.63) is 87.7 Å². The third-order valence-electron chi connectivity index (χ3n) is 6.00. The fourth-order valence-corrected chi connectivity index (χ4v) is 4.54. The molecule has 0 spiro atoms. The maximum absolute atomic E-state index is 13.2. The van der Waals surface area contributed by atoms with E-state index in [4.69, 9.17) is 0 Å². The van der Waals surface area contributed by atoms with E-state index >= 15 is 0 Å². The summed E-state index contributed by atoms with van der Waals surface area (Å²) >= 11 is 3.44. The lowest BCUT2D eigenvalue weighted by Gasteiger charge is -2.26. The maximum Gasteiger partial charge on any atom is 0.295 e. The molecule has 1 unspecified atom stereocenters. The molecular weight excluding hydrogens is 496 g/mol. The van der Waals surface area contributed by atoms with Gasteiger partial charge < -0.3 is 14.9 Å². The second kappa shape index (κ2) is 9.95. The number of aliphatic hydroxyl groups is 1. The van der Waals surface area contributed by atoms with Crippen LogP contribution >= 0.6 is 15.9 Å². The van der Waals surface area contributed by atoms with Gasteiger partial charge in [0.1, 0.15) is 5.76 Å². The Morgan fingerprint density at radius 3 is 2.41 bits per heavy atom. The number of halogens is 1. The molecule has 4 rings (SSSR count). The number of nitrogens with zero attached hydrogens (tertiary/aromatic N) is 4. The van der Waals surface area contributed by atoms with Crippen molar-refractivity contribution in [2.24, 2.45) is 0 Å². The summed E-state index contributed by atoms with van der Waals surface area (Å²) in [6.45, 7) is 3.01. The summed E-state index contributed by atoms with van der Waals surface area (Å²) in [6, 6.07) is 16.4. The van der Waals surface area contributed by atoms with Gasteiger partial charge in [0.2, 0.25) is 0 Å². The molecule has 3 aromatic rings. The highest BCUT2D eigenvalue weighted by atomic mass is 79.9. The predicted molar refractivity (Wildman–Crippen MR) is 135 cm³/mol. The van der Waals surface area contributed by atoms with E-state index in [-0.39, 0.29) is 11.3 Å². The molecule has 1 amide bonds. The number of para-hydroxylation sites is 1. The van der Waals surface area contributed by atoms with Crippen LogP contribution in [0.5, 0.6) is 0 Å². The smallest absolute Gasteiger partial charge is 0.295 e. The number of carbonyl (C=O) groups excluding carboxylic acids is 2. The normalized spacial score (nSPS) is 17.7. The summed E-state index contributed by atoms with van der Waals surface area (Å²) in [5.74, 6) is -1.48. The van der Waals surface area contributed by atoms with E-state index in [1.54, 1.807) is 9.58 Å². The van der Waals surface area contributed by atoms with Gasteiger partial charge in [0.15, 0.2) is 0 Å². The molecule has 1 aromatic heterocycles. The Hall–Kier alpha value is -3.23. The Labute approximate surface area is 207 Å². The molecule has 0 aliphatic carbocycles. The van der Waals surface area contributed by atoms with Crippen LogP contribution in [0.3, 0.4) is 0 Å². The van der Waals surface area contributed by atoms with E-state index < -0.39 is 17.7 Å². The van der Waals surface area contributed by atoms with Crippen molar-refractivity contribution in [3.63, 3.8) is 0 Å². The number of likely N-dealkylation sites (tertiary alicyclic amines) is 1. The van der Waals surface area contributed by atoms with Crippen molar-refractivity contribution in [2.75, 3.05) is 27.2 Å². The van der Waals surface area contributed by atoms with Gasteiger partial charge in [0.05, 0.1) is 34.8 Å². The van der Waals surface area contributed by atoms with Gasteiger partial charge in [-0.2, -0.15) is 5.10 Å². The van der Waals surface area contributed by atoms with Gasteiger partial charge in [-0.05, 0) is 63.8 Å². The third-order valence-corrected chi connectivity index (χ3v) is 6.52. The van der Waals surface area contributed by atoms with E-state index in [1.807, 2.05) is 80.5 Å². The Kier molecular flexibility index (Phi) is 7.00. The molecule has 8 heteroatoms. The van der Waals surface area contributed by atoms with Gasteiger partial charge in [0, 0.05) is 11.0 Å². The van der Waals surface area contributed by atoms with E-state index in [2.05, 4.69) is 21.0 Å². The molecule has 0 saturated carbocycles. The number of amides is 1. The molecule has 34 heavy (non-hydrogen) atoms. The quantitative estimate of drug-likeness (QED) is 0.284. The fraction of sp³-hybridized carbons (Fsp3) is 0.269. The molecule has 1 N–H and O–H groups in total. The molecule has 1 saturated heterocycles. The van der Waals surface area contributed by atoms with Crippen LogP contribution in [-0.2, 0) is 9.59 Å². The van der Waals surface area contributed by atoms with E-state index in [1.165, 1.54) is 6.20 Å². The number of ketones is 1. The summed E-state index contributed by atoms with van der Waals surface area (Å²) in [5.41, 5.74) is 2.80. The SMILES string of the molecule is Cc1c(/C(O)=C2\C(=O)C(=O)N(CCCN(C)C)C2c2ccc(Br)cc2)cnn1-c1ccccc1. The molecule has 1 atom stereocenters. The van der Waals surface area contributed by atoms with E-state index in [0.717, 1.165) is 22.3 Å². The topological polar surface area (TPSA) is 78.7 Å².